The highest BCUT2D eigenvalue weighted by atomic mass is 16.5. The van der Waals surface area contributed by atoms with E-state index >= 15 is 0 Å². The molecule has 0 aliphatic rings. The first-order chi connectivity index (χ1) is 9.26. The number of aromatic amines is 1. The first kappa shape index (κ1) is 13.1. The van der Waals surface area contributed by atoms with Gasteiger partial charge in [-0.1, -0.05) is 6.92 Å². The van der Waals surface area contributed by atoms with Crippen LogP contribution in [-0.2, 0) is 0 Å². The van der Waals surface area contributed by atoms with Gasteiger partial charge in [-0.05, 0) is 6.42 Å². The van der Waals surface area contributed by atoms with Crippen LogP contribution in [0.3, 0.4) is 0 Å². The number of H-pyrrole nitrogens is 1. The molecule has 0 bridgehead atoms. The van der Waals surface area contributed by atoms with E-state index in [0.717, 1.165) is 12.2 Å². The first-order valence-electron chi connectivity index (χ1n) is 5.86. The quantitative estimate of drug-likeness (QED) is 0.808. The Morgan fingerprint density at radius 1 is 1.21 bits per heavy atom. The third-order valence-corrected chi connectivity index (χ3v) is 2.52. The van der Waals surface area contributed by atoms with Gasteiger partial charge in [0.25, 0.3) is 0 Å². The minimum Gasteiger partial charge on any atom is -0.467 e. The minimum absolute atomic E-state index is 0.0215. The lowest BCUT2D eigenvalue weighted by atomic mass is 10.2. The Balaban J connectivity index is 2.21. The van der Waals surface area contributed by atoms with Gasteiger partial charge < -0.3 is 19.8 Å². The molecule has 0 aromatic carbocycles. The zero-order valence-electron chi connectivity index (χ0n) is 11.0. The fraction of sp³-hybridized carbons (Fsp3) is 0.455. The third-order valence-electron chi connectivity index (χ3n) is 2.52. The van der Waals surface area contributed by atoms with Gasteiger partial charge in [0.15, 0.2) is 0 Å². The van der Waals surface area contributed by atoms with Crippen molar-refractivity contribution in [2.24, 2.45) is 0 Å². The zero-order valence-corrected chi connectivity index (χ0v) is 11.0. The molecule has 1 unspecified atom stereocenters. The van der Waals surface area contributed by atoms with Crippen LogP contribution in [0.2, 0.25) is 0 Å². The second-order valence-corrected chi connectivity index (χ2v) is 3.71. The van der Waals surface area contributed by atoms with Crippen molar-refractivity contribution >= 4 is 5.95 Å². The normalized spacial score (nSPS) is 11.9. The molecule has 0 aliphatic carbocycles. The van der Waals surface area contributed by atoms with E-state index in [1.54, 1.807) is 12.4 Å². The molecule has 0 fully saturated rings. The molecule has 2 aromatic rings. The summed E-state index contributed by atoms with van der Waals surface area (Å²) in [5.74, 6) is 1.20. The number of nitrogens with one attached hydrogen (secondary N) is 2. The standard InChI is InChI=1S/C11H16N6O2/c1-4-7(8-12-5-6-13-8)14-9-15-10(18-2)17-11(16-9)19-3/h5-7H,4H2,1-3H3,(H,12,13)(H,14,15,16,17). The van der Waals surface area contributed by atoms with E-state index in [9.17, 15) is 0 Å². The number of hydrogen-bond donors (Lipinski definition) is 2. The van der Waals surface area contributed by atoms with E-state index in [-0.39, 0.29) is 18.1 Å². The second-order valence-electron chi connectivity index (χ2n) is 3.71. The summed E-state index contributed by atoms with van der Waals surface area (Å²) in [7, 11) is 2.98. The van der Waals surface area contributed by atoms with Gasteiger partial charge in [-0.15, -0.1) is 4.98 Å². The molecule has 19 heavy (non-hydrogen) atoms. The van der Waals surface area contributed by atoms with Crippen LogP contribution >= 0.6 is 0 Å². The molecule has 0 saturated carbocycles. The van der Waals surface area contributed by atoms with Crippen LogP contribution < -0.4 is 14.8 Å². The molecular formula is C11H16N6O2. The summed E-state index contributed by atoms with van der Waals surface area (Å²) in [6, 6.07) is 0.374. The Hall–Kier alpha value is -2.38. The van der Waals surface area contributed by atoms with E-state index in [0.29, 0.717) is 5.95 Å². The largest absolute Gasteiger partial charge is 0.467 e. The zero-order chi connectivity index (χ0) is 13.7. The van der Waals surface area contributed by atoms with Gasteiger partial charge in [-0.3, -0.25) is 0 Å². The van der Waals surface area contributed by atoms with Gasteiger partial charge in [-0.2, -0.15) is 9.97 Å². The Morgan fingerprint density at radius 2 is 1.89 bits per heavy atom. The van der Waals surface area contributed by atoms with Crippen molar-refractivity contribution < 1.29 is 9.47 Å². The van der Waals surface area contributed by atoms with Crippen molar-refractivity contribution in [1.82, 2.24) is 24.9 Å². The number of imidazole rings is 1. The molecule has 8 nitrogen and oxygen atoms in total. The Bertz CT molecular complexity index is 494. The van der Waals surface area contributed by atoms with Crippen molar-refractivity contribution in [2.75, 3.05) is 19.5 Å². The van der Waals surface area contributed by atoms with Crippen LogP contribution in [0.1, 0.15) is 25.2 Å². The predicted octanol–water partition coefficient (Wildman–Crippen LogP) is 1.18. The van der Waals surface area contributed by atoms with Crippen molar-refractivity contribution in [3.63, 3.8) is 0 Å². The maximum absolute atomic E-state index is 5.00. The lowest BCUT2D eigenvalue weighted by molar-refractivity contribution is 0.340. The van der Waals surface area contributed by atoms with Crippen molar-refractivity contribution in [1.29, 1.82) is 0 Å². The Kier molecular flexibility index (Phi) is 4.11. The number of aromatic nitrogens is 5. The second kappa shape index (κ2) is 5.98. The number of nitrogens with zero attached hydrogens (tertiary/aromatic N) is 4. The molecule has 102 valence electrons. The van der Waals surface area contributed by atoms with Crippen molar-refractivity contribution in [3.05, 3.63) is 18.2 Å². The van der Waals surface area contributed by atoms with E-state index in [1.165, 1.54) is 14.2 Å². The Labute approximate surface area is 110 Å². The molecule has 0 amide bonds. The molecule has 0 aliphatic heterocycles. The highest BCUT2D eigenvalue weighted by molar-refractivity contribution is 5.30. The van der Waals surface area contributed by atoms with E-state index < -0.39 is 0 Å². The maximum atomic E-state index is 5.00. The van der Waals surface area contributed by atoms with Crippen LogP contribution in [0.15, 0.2) is 12.4 Å². The van der Waals surface area contributed by atoms with Gasteiger partial charge in [0.05, 0.1) is 20.3 Å². The third kappa shape index (κ3) is 3.09. The smallest absolute Gasteiger partial charge is 0.324 e. The summed E-state index contributed by atoms with van der Waals surface area (Å²) in [4.78, 5) is 19.5. The average Bonchev–Trinajstić information content (AvgIpc) is 2.98. The minimum atomic E-state index is -0.0215. The summed E-state index contributed by atoms with van der Waals surface area (Å²) in [5.41, 5.74) is 0. The molecule has 2 rings (SSSR count). The number of rotatable bonds is 6. The predicted molar refractivity (Wildman–Crippen MR) is 68.2 cm³/mol. The van der Waals surface area contributed by atoms with Gasteiger partial charge in [0.1, 0.15) is 5.82 Å². The first-order valence-corrected chi connectivity index (χ1v) is 5.86. The van der Waals surface area contributed by atoms with Gasteiger partial charge in [0.2, 0.25) is 5.95 Å². The molecular weight excluding hydrogens is 248 g/mol. The molecule has 2 heterocycles. The number of methoxy groups -OCH3 is 2. The number of ether oxygens (including phenoxy) is 2. The highest BCUT2D eigenvalue weighted by Gasteiger charge is 2.15. The van der Waals surface area contributed by atoms with Crippen LogP contribution in [0.4, 0.5) is 5.95 Å². The van der Waals surface area contributed by atoms with Crippen molar-refractivity contribution in [2.45, 2.75) is 19.4 Å². The van der Waals surface area contributed by atoms with Gasteiger partial charge in [0, 0.05) is 12.4 Å². The number of anilines is 1. The molecule has 0 saturated heterocycles. The van der Waals surface area contributed by atoms with Crippen LogP contribution in [-0.4, -0.2) is 39.1 Å². The summed E-state index contributed by atoms with van der Waals surface area (Å²) in [6.07, 6.45) is 4.30. The molecule has 1 atom stereocenters. The SMILES string of the molecule is CCC(Nc1nc(OC)nc(OC)n1)c1ncc[nH]1. The van der Waals surface area contributed by atoms with Crippen LogP contribution in [0, 0.1) is 0 Å². The van der Waals surface area contributed by atoms with Gasteiger partial charge in [-0.25, -0.2) is 4.98 Å². The summed E-state index contributed by atoms with van der Waals surface area (Å²) in [6.45, 7) is 2.04. The fourth-order valence-corrected chi connectivity index (χ4v) is 1.57. The molecule has 2 N–H and O–H groups in total. The van der Waals surface area contributed by atoms with E-state index in [4.69, 9.17) is 9.47 Å². The monoisotopic (exact) mass is 264 g/mol. The van der Waals surface area contributed by atoms with Crippen LogP contribution in [0.25, 0.3) is 0 Å². The fourth-order valence-electron chi connectivity index (χ4n) is 1.57. The lowest BCUT2D eigenvalue weighted by Crippen LogP contribution is -2.14. The molecule has 8 heteroatoms. The maximum Gasteiger partial charge on any atom is 0.324 e. The summed E-state index contributed by atoms with van der Waals surface area (Å²) in [5, 5.41) is 3.16. The summed E-state index contributed by atoms with van der Waals surface area (Å²) < 4.78 is 10.00. The topological polar surface area (TPSA) is 97.8 Å². The average molecular weight is 264 g/mol. The highest BCUT2D eigenvalue weighted by Crippen LogP contribution is 2.19. The molecule has 0 radical (unpaired) electrons. The van der Waals surface area contributed by atoms with Crippen molar-refractivity contribution in [3.8, 4) is 12.0 Å². The van der Waals surface area contributed by atoms with E-state index in [1.807, 2.05) is 6.92 Å². The summed E-state index contributed by atoms with van der Waals surface area (Å²) >= 11 is 0. The molecule has 2 aromatic heterocycles. The van der Waals surface area contributed by atoms with Gasteiger partial charge >= 0.3 is 12.0 Å². The lowest BCUT2D eigenvalue weighted by Gasteiger charge is -2.14. The van der Waals surface area contributed by atoms with Crippen LogP contribution in [0.5, 0.6) is 12.0 Å². The number of hydrogen-bond acceptors (Lipinski definition) is 7. The van der Waals surface area contributed by atoms with E-state index in [2.05, 4.69) is 30.2 Å². The molecule has 0 spiro atoms. The Morgan fingerprint density at radius 3 is 2.37 bits per heavy atom.